The molecular weight excluding hydrogens is 346 g/mol. The molecule has 3 rings (SSSR count). The highest BCUT2D eigenvalue weighted by atomic mass is 16.6. The molecule has 1 aliphatic rings. The van der Waals surface area contributed by atoms with Gasteiger partial charge in [-0.2, -0.15) is 0 Å². The van der Waals surface area contributed by atoms with E-state index < -0.39 is 0 Å². The molecule has 0 amide bonds. The number of hydrogen-bond donors (Lipinski definition) is 1. The van der Waals surface area contributed by atoms with Gasteiger partial charge in [0, 0.05) is 20.0 Å². The molecule has 0 saturated carbocycles. The Labute approximate surface area is 159 Å². The maximum atomic E-state index is 9.21. The molecule has 1 N–H and O–H groups in total. The summed E-state index contributed by atoms with van der Waals surface area (Å²) in [4.78, 5) is 7.21. The molecule has 1 atom stereocenters. The lowest BCUT2D eigenvalue weighted by Crippen LogP contribution is -2.27. The minimum atomic E-state index is -0.297. The Hall–Kier alpha value is -2.61. The van der Waals surface area contributed by atoms with Gasteiger partial charge in [-0.25, -0.2) is 0 Å². The molecule has 2 aromatic rings. The number of anilines is 1. The van der Waals surface area contributed by atoms with Crippen molar-refractivity contribution in [2.75, 3.05) is 31.7 Å². The van der Waals surface area contributed by atoms with Gasteiger partial charge in [-0.15, -0.1) is 10.2 Å². The highest BCUT2D eigenvalue weighted by Gasteiger charge is 2.27. The van der Waals surface area contributed by atoms with Crippen molar-refractivity contribution in [2.45, 2.75) is 39.8 Å². The lowest BCUT2D eigenvalue weighted by atomic mass is 10.1. The highest BCUT2D eigenvalue weighted by molar-refractivity contribution is 5.98. The van der Waals surface area contributed by atoms with E-state index in [4.69, 9.17) is 9.57 Å². The van der Waals surface area contributed by atoms with Crippen molar-refractivity contribution in [1.82, 2.24) is 14.8 Å². The minimum Gasteiger partial charge on any atom is -0.492 e. The predicted molar refractivity (Wildman–Crippen MR) is 103 cm³/mol. The third-order valence-corrected chi connectivity index (χ3v) is 4.47. The maximum absolute atomic E-state index is 9.21. The van der Waals surface area contributed by atoms with Gasteiger partial charge < -0.3 is 19.6 Å². The van der Waals surface area contributed by atoms with Gasteiger partial charge in [0.15, 0.2) is 11.9 Å². The number of nitrogens with zero attached hydrogens (tertiary/aromatic N) is 5. The lowest BCUT2D eigenvalue weighted by molar-refractivity contribution is 0.0390. The van der Waals surface area contributed by atoms with Crippen LogP contribution >= 0.6 is 0 Å². The number of benzene rings is 1. The summed E-state index contributed by atoms with van der Waals surface area (Å²) in [6.07, 6.45) is 0.239. The van der Waals surface area contributed by atoms with Crippen LogP contribution in [0.3, 0.4) is 0 Å². The third kappa shape index (κ3) is 4.39. The zero-order chi connectivity index (χ0) is 19.4. The smallest absolute Gasteiger partial charge is 0.227 e. The van der Waals surface area contributed by atoms with Crippen molar-refractivity contribution in [1.29, 1.82) is 0 Å². The Morgan fingerprint density at radius 2 is 2.00 bits per heavy atom. The first kappa shape index (κ1) is 19.2. The summed E-state index contributed by atoms with van der Waals surface area (Å²) in [6.45, 7) is 8.03. The van der Waals surface area contributed by atoms with E-state index >= 15 is 0 Å². The van der Waals surface area contributed by atoms with Gasteiger partial charge in [0.05, 0.1) is 13.2 Å². The molecule has 0 radical (unpaired) electrons. The van der Waals surface area contributed by atoms with E-state index in [-0.39, 0.29) is 12.7 Å². The molecule has 1 aromatic heterocycles. The summed E-state index contributed by atoms with van der Waals surface area (Å²) in [5, 5.41) is 21.9. The fourth-order valence-corrected chi connectivity index (χ4v) is 3.16. The monoisotopic (exact) mass is 373 g/mol. The van der Waals surface area contributed by atoms with Crippen LogP contribution in [0.1, 0.15) is 30.3 Å². The normalized spacial score (nSPS) is 16.2. The first-order valence-corrected chi connectivity index (χ1v) is 9.21. The second-order valence-electron chi connectivity index (χ2n) is 6.81. The van der Waals surface area contributed by atoms with E-state index in [9.17, 15) is 5.11 Å². The van der Waals surface area contributed by atoms with Gasteiger partial charge in [-0.05, 0) is 44.0 Å². The van der Waals surface area contributed by atoms with Gasteiger partial charge in [0.25, 0.3) is 0 Å². The van der Waals surface area contributed by atoms with Crippen molar-refractivity contribution in [2.24, 2.45) is 5.16 Å². The SMILES string of the molecule is CCn1c(C2=NOC(CO)C2)nnc1N(C)CCOc1cc(C)cc(C)c1. The number of likely N-dealkylation sites (N-methyl/N-ethyl adjacent to an activating group) is 1. The number of ether oxygens (including phenoxy) is 1. The highest BCUT2D eigenvalue weighted by Crippen LogP contribution is 2.20. The molecule has 0 bridgehead atoms. The Morgan fingerprint density at radius 3 is 2.63 bits per heavy atom. The number of aliphatic hydroxyl groups is 1. The third-order valence-electron chi connectivity index (χ3n) is 4.47. The fraction of sp³-hybridized carbons (Fsp3) is 0.526. The number of oxime groups is 1. The topological polar surface area (TPSA) is 85.0 Å². The molecule has 27 heavy (non-hydrogen) atoms. The van der Waals surface area contributed by atoms with Gasteiger partial charge >= 0.3 is 0 Å². The molecule has 1 aliphatic heterocycles. The van der Waals surface area contributed by atoms with Crippen LogP contribution in [0.15, 0.2) is 23.4 Å². The lowest BCUT2D eigenvalue weighted by Gasteiger charge is -2.19. The standard InChI is InChI=1S/C19H27N5O3/c1-5-24-18(17-11-16(12-25)27-22-17)20-21-19(24)23(4)6-7-26-15-9-13(2)8-14(3)10-15/h8-10,16,25H,5-7,11-12H2,1-4H3. The molecule has 0 spiro atoms. The van der Waals surface area contributed by atoms with Crippen LogP contribution in [0, 0.1) is 13.8 Å². The van der Waals surface area contributed by atoms with Gasteiger partial charge in [0.1, 0.15) is 18.1 Å². The molecule has 0 aliphatic carbocycles. The van der Waals surface area contributed by atoms with E-state index in [0.717, 1.165) is 17.4 Å². The summed E-state index contributed by atoms with van der Waals surface area (Å²) in [6, 6.07) is 6.20. The van der Waals surface area contributed by atoms with E-state index in [1.165, 1.54) is 11.1 Å². The Kier molecular flexibility index (Phi) is 5.95. The van der Waals surface area contributed by atoms with Crippen molar-refractivity contribution < 1.29 is 14.7 Å². The number of aliphatic hydroxyl groups excluding tert-OH is 1. The van der Waals surface area contributed by atoms with Gasteiger partial charge in [-0.1, -0.05) is 11.2 Å². The van der Waals surface area contributed by atoms with Crippen molar-refractivity contribution in [3.63, 3.8) is 0 Å². The minimum absolute atomic E-state index is 0.0597. The largest absolute Gasteiger partial charge is 0.492 e. The quantitative estimate of drug-likeness (QED) is 0.761. The average Bonchev–Trinajstić information content (AvgIpc) is 3.26. The average molecular weight is 373 g/mol. The van der Waals surface area contributed by atoms with Crippen LogP contribution in [-0.4, -0.2) is 58.5 Å². The molecule has 8 nitrogen and oxygen atoms in total. The molecule has 1 aromatic carbocycles. The van der Waals surface area contributed by atoms with Crippen molar-refractivity contribution in [3.8, 4) is 5.75 Å². The Balaban J connectivity index is 1.64. The van der Waals surface area contributed by atoms with Crippen molar-refractivity contribution in [3.05, 3.63) is 35.2 Å². The molecule has 146 valence electrons. The summed E-state index contributed by atoms with van der Waals surface area (Å²) in [7, 11) is 1.97. The van der Waals surface area contributed by atoms with E-state index in [1.807, 2.05) is 35.6 Å². The number of aryl methyl sites for hydroxylation is 2. The van der Waals surface area contributed by atoms with Crippen LogP contribution < -0.4 is 9.64 Å². The second kappa shape index (κ2) is 8.39. The summed E-state index contributed by atoms with van der Waals surface area (Å²) < 4.78 is 7.90. The second-order valence-corrected chi connectivity index (χ2v) is 6.81. The predicted octanol–water partition coefficient (Wildman–Crippen LogP) is 1.92. The molecule has 0 saturated heterocycles. The molecule has 0 fully saturated rings. The first-order valence-electron chi connectivity index (χ1n) is 9.21. The summed E-state index contributed by atoms with van der Waals surface area (Å²) in [5.74, 6) is 2.32. The Bertz CT molecular complexity index is 797. The van der Waals surface area contributed by atoms with E-state index in [1.54, 1.807) is 0 Å². The van der Waals surface area contributed by atoms with Crippen LogP contribution in [-0.2, 0) is 11.4 Å². The number of rotatable bonds is 8. The zero-order valence-electron chi connectivity index (χ0n) is 16.3. The number of aromatic nitrogens is 3. The van der Waals surface area contributed by atoms with Gasteiger partial charge in [0.2, 0.25) is 5.95 Å². The molecule has 1 unspecified atom stereocenters. The molecule has 2 heterocycles. The molecular formula is C19H27N5O3. The summed E-state index contributed by atoms with van der Waals surface area (Å²) >= 11 is 0. The number of hydrogen-bond acceptors (Lipinski definition) is 7. The zero-order valence-corrected chi connectivity index (χ0v) is 16.3. The van der Waals surface area contributed by atoms with Crippen molar-refractivity contribution >= 4 is 11.7 Å². The summed E-state index contributed by atoms with van der Waals surface area (Å²) in [5.41, 5.74) is 3.10. The van der Waals surface area contributed by atoms with Gasteiger partial charge in [-0.3, -0.25) is 4.57 Å². The fourth-order valence-electron chi connectivity index (χ4n) is 3.16. The molecule has 8 heteroatoms. The van der Waals surface area contributed by atoms with Crippen LogP contribution in [0.25, 0.3) is 0 Å². The maximum Gasteiger partial charge on any atom is 0.227 e. The van der Waals surface area contributed by atoms with Crippen LogP contribution in [0.5, 0.6) is 5.75 Å². The van der Waals surface area contributed by atoms with E-state index in [0.29, 0.717) is 31.9 Å². The van der Waals surface area contributed by atoms with Crippen LogP contribution in [0.4, 0.5) is 5.95 Å². The Morgan fingerprint density at radius 1 is 1.26 bits per heavy atom. The first-order chi connectivity index (χ1) is 13.0. The van der Waals surface area contributed by atoms with Crippen LogP contribution in [0.2, 0.25) is 0 Å². The van der Waals surface area contributed by atoms with E-state index in [2.05, 4.69) is 35.3 Å².